The zero-order valence-corrected chi connectivity index (χ0v) is 9.52. The van der Waals surface area contributed by atoms with Crippen LogP contribution in [0.25, 0.3) is 0 Å². The third kappa shape index (κ3) is 3.22. The Morgan fingerprint density at radius 2 is 2.00 bits per heavy atom. The molecule has 0 saturated heterocycles. The van der Waals surface area contributed by atoms with Crippen molar-refractivity contribution in [3.05, 3.63) is 0 Å². The Kier molecular flexibility index (Phi) is 4.34. The summed E-state index contributed by atoms with van der Waals surface area (Å²) in [5.41, 5.74) is 5.42. The van der Waals surface area contributed by atoms with Crippen molar-refractivity contribution in [1.82, 2.24) is 4.72 Å². The van der Waals surface area contributed by atoms with Gasteiger partial charge in [-0.05, 0) is 25.3 Å². The molecule has 1 aliphatic rings. The summed E-state index contributed by atoms with van der Waals surface area (Å²) in [4.78, 5) is 0. The highest BCUT2D eigenvalue weighted by atomic mass is 32.2. The first-order chi connectivity index (χ1) is 6.56. The van der Waals surface area contributed by atoms with Crippen LogP contribution in [0.15, 0.2) is 0 Å². The van der Waals surface area contributed by atoms with Gasteiger partial charge in [-0.1, -0.05) is 19.8 Å². The molecule has 0 aromatic heterocycles. The quantitative estimate of drug-likeness (QED) is 0.706. The Hall–Kier alpha value is -0.130. The fourth-order valence-corrected chi connectivity index (χ4v) is 3.36. The molecule has 1 fully saturated rings. The second kappa shape index (κ2) is 5.09. The lowest BCUT2D eigenvalue weighted by Crippen LogP contribution is -2.36. The Labute approximate surface area is 86.3 Å². The SMILES string of the molecule is CC(CN)CNS(=O)(=O)C1CCCC1. The van der Waals surface area contributed by atoms with Crippen molar-refractivity contribution in [3.63, 3.8) is 0 Å². The van der Waals surface area contributed by atoms with Crippen LogP contribution in [0.3, 0.4) is 0 Å². The van der Waals surface area contributed by atoms with Gasteiger partial charge in [0.05, 0.1) is 5.25 Å². The molecule has 0 amide bonds. The van der Waals surface area contributed by atoms with Gasteiger partial charge in [-0.25, -0.2) is 13.1 Å². The van der Waals surface area contributed by atoms with E-state index < -0.39 is 10.0 Å². The molecule has 0 spiro atoms. The number of hydrogen-bond acceptors (Lipinski definition) is 3. The number of nitrogens with one attached hydrogen (secondary N) is 1. The molecule has 1 aliphatic carbocycles. The van der Waals surface area contributed by atoms with E-state index in [2.05, 4.69) is 4.72 Å². The second-order valence-electron chi connectivity index (χ2n) is 4.14. The molecular formula is C9H20N2O2S. The van der Waals surface area contributed by atoms with E-state index in [9.17, 15) is 8.42 Å². The molecule has 1 unspecified atom stereocenters. The number of rotatable bonds is 5. The summed E-state index contributed by atoms with van der Waals surface area (Å²) >= 11 is 0. The predicted octanol–water partition coefficient (Wildman–Crippen LogP) is 0.443. The van der Waals surface area contributed by atoms with Crippen LogP contribution in [-0.2, 0) is 10.0 Å². The molecule has 14 heavy (non-hydrogen) atoms. The molecule has 0 aromatic carbocycles. The van der Waals surface area contributed by atoms with Gasteiger partial charge in [-0.3, -0.25) is 0 Å². The van der Waals surface area contributed by atoms with Gasteiger partial charge >= 0.3 is 0 Å². The molecule has 0 radical (unpaired) electrons. The van der Waals surface area contributed by atoms with E-state index in [0.717, 1.165) is 25.7 Å². The molecule has 0 heterocycles. The topological polar surface area (TPSA) is 72.2 Å². The van der Waals surface area contributed by atoms with Crippen LogP contribution in [0.2, 0.25) is 0 Å². The van der Waals surface area contributed by atoms with Gasteiger partial charge in [0.15, 0.2) is 0 Å². The Morgan fingerprint density at radius 3 is 2.50 bits per heavy atom. The fraction of sp³-hybridized carbons (Fsp3) is 1.00. The van der Waals surface area contributed by atoms with Gasteiger partial charge in [-0.2, -0.15) is 0 Å². The summed E-state index contributed by atoms with van der Waals surface area (Å²) in [6.45, 7) is 2.93. The van der Waals surface area contributed by atoms with E-state index in [-0.39, 0.29) is 11.2 Å². The molecule has 5 heteroatoms. The summed E-state index contributed by atoms with van der Waals surface area (Å²) in [5, 5.41) is -0.160. The first-order valence-corrected chi connectivity index (χ1v) is 6.79. The van der Waals surface area contributed by atoms with Crippen LogP contribution in [0.1, 0.15) is 32.6 Å². The lowest BCUT2D eigenvalue weighted by molar-refractivity contribution is 0.534. The molecule has 84 valence electrons. The minimum absolute atomic E-state index is 0.160. The summed E-state index contributed by atoms with van der Waals surface area (Å²) in [5.74, 6) is 0.214. The Bertz CT molecular complexity index is 258. The molecule has 0 bridgehead atoms. The van der Waals surface area contributed by atoms with Crippen molar-refractivity contribution in [2.75, 3.05) is 13.1 Å². The normalized spacial score (nSPS) is 21.3. The van der Waals surface area contributed by atoms with Crippen molar-refractivity contribution >= 4 is 10.0 Å². The zero-order valence-electron chi connectivity index (χ0n) is 8.70. The van der Waals surface area contributed by atoms with Crippen LogP contribution in [0, 0.1) is 5.92 Å². The Balaban J connectivity index is 2.41. The van der Waals surface area contributed by atoms with Crippen LogP contribution in [0.4, 0.5) is 0 Å². The lowest BCUT2D eigenvalue weighted by atomic mass is 10.2. The molecule has 3 N–H and O–H groups in total. The van der Waals surface area contributed by atoms with Crippen LogP contribution >= 0.6 is 0 Å². The first-order valence-electron chi connectivity index (χ1n) is 5.25. The van der Waals surface area contributed by atoms with Crippen LogP contribution in [-0.4, -0.2) is 26.8 Å². The minimum Gasteiger partial charge on any atom is -0.330 e. The van der Waals surface area contributed by atoms with Gasteiger partial charge in [0.1, 0.15) is 0 Å². The van der Waals surface area contributed by atoms with Gasteiger partial charge in [0, 0.05) is 6.54 Å². The highest BCUT2D eigenvalue weighted by Crippen LogP contribution is 2.23. The third-order valence-electron chi connectivity index (χ3n) is 2.78. The fourth-order valence-electron chi connectivity index (χ4n) is 1.66. The van der Waals surface area contributed by atoms with Crippen LogP contribution in [0.5, 0.6) is 0 Å². The maximum Gasteiger partial charge on any atom is 0.214 e. The summed E-state index contributed by atoms with van der Waals surface area (Å²) in [7, 11) is -3.07. The smallest absolute Gasteiger partial charge is 0.214 e. The average Bonchev–Trinajstić information content (AvgIpc) is 2.67. The van der Waals surface area contributed by atoms with Gasteiger partial charge < -0.3 is 5.73 Å². The monoisotopic (exact) mass is 220 g/mol. The van der Waals surface area contributed by atoms with Crippen molar-refractivity contribution in [1.29, 1.82) is 0 Å². The predicted molar refractivity (Wildman–Crippen MR) is 57.4 cm³/mol. The van der Waals surface area contributed by atoms with E-state index in [0.29, 0.717) is 13.1 Å². The molecular weight excluding hydrogens is 200 g/mol. The van der Waals surface area contributed by atoms with E-state index >= 15 is 0 Å². The van der Waals surface area contributed by atoms with Gasteiger partial charge in [0.2, 0.25) is 10.0 Å². The summed E-state index contributed by atoms with van der Waals surface area (Å²) < 4.78 is 26.0. The summed E-state index contributed by atoms with van der Waals surface area (Å²) in [6, 6.07) is 0. The largest absolute Gasteiger partial charge is 0.330 e. The zero-order chi connectivity index (χ0) is 10.6. The molecule has 1 saturated carbocycles. The average molecular weight is 220 g/mol. The highest BCUT2D eigenvalue weighted by molar-refractivity contribution is 7.90. The van der Waals surface area contributed by atoms with E-state index in [1.807, 2.05) is 6.92 Å². The number of nitrogens with two attached hydrogens (primary N) is 1. The molecule has 1 atom stereocenters. The maximum atomic E-state index is 11.7. The van der Waals surface area contributed by atoms with Crippen molar-refractivity contribution in [3.8, 4) is 0 Å². The van der Waals surface area contributed by atoms with Crippen molar-refractivity contribution in [2.24, 2.45) is 11.7 Å². The maximum absolute atomic E-state index is 11.7. The molecule has 1 rings (SSSR count). The van der Waals surface area contributed by atoms with E-state index in [1.54, 1.807) is 0 Å². The van der Waals surface area contributed by atoms with Crippen molar-refractivity contribution < 1.29 is 8.42 Å². The number of sulfonamides is 1. The first kappa shape index (κ1) is 11.9. The Morgan fingerprint density at radius 1 is 1.43 bits per heavy atom. The summed E-state index contributed by atoms with van der Waals surface area (Å²) in [6.07, 6.45) is 3.70. The van der Waals surface area contributed by atoms with E-state index in [4.69, 9.17) is 5.73 Å². The standard InChI is InChI=1S/C9H20N2O2S/c1-8(6-10)7-11-14(12,13)9-4-2-3-5-9/h8-9,11H,2-7,10H2,1H3. The van der Waals surface area contributed by atoms with Gasteiger partial charge in [0.25, 0.3) is 0 Å². The number of hydrogen-bond donors (Lipinski definition) is 2. The minimum atomic E-state index is -3.07. The third-order valence-corrected chi connectivity index (χ3v) is 4.69. The highest BCUT2D eigenvalue weighted by Gasteiger charge is 2.28. The second-order valence-corrected chi connectivity index (χ2v) is 6.19. The van der Waals surface area contributed by atoms with Crippen molar-refractivity contribution in [2.45, 2.75) is 37.9 Å². The van der Waals surface area contributed by atoms with Gasteiger partial charge in [-0.15, -0.1) is 0 Å². The van der Waals surface area contributed by atoms with Crippen LogP contribution < -0.4 is 10.5 Å². The lowest BCUT2D eigenvalue weighted by Gasteiger charge is -2.14. The molecule has 4 nitrogen and oxygen atoms in total. The van der Waals surface area contributed by atoms with E-state index in [1.165, 1.54) is 0 Å². The molecule has 0 aliphatic heterocycles. The molecule has 0 aromatic rings.